The number of hydrogen-bond acceptors (Lipinski definition) is 3. The van der Waals surface area contributed by atoms with E-state index in [4.69, 9.17) is 4.74 Å². The number of likely N-dealkylation sites (tertiary alicyclic amines) is 2. The Balaban J connectivity index is 1.36. The molecule has 0 aliphatic carbocycles. The molecule has 0 N–H and O–H groups in total. The normalized spacial score (nSPS) is 20.1. The maximum atomic E-state index is 12.2. The molecule has 2 heterocycles. The van der Waals surface area contributed by atoms with Crippen LogP contribution in [0.5, 0.6) is 0 Å². The Kier molecular flexibility index (Phi) is 6.55. The summed E-state index contributed by atoms with van der Waals surface area (Å²) in [6, 6.07) is 8.81. The summed E-state index contributed by atoms with van der Waals surface area (Å²) in [5, 5.41) is 0. The van der Waals surface area contributed by atoms with Crippen LogP contribution < -0.4 is 0 Å². The van der Waals surface area contributed by atoms with Crippen LogP contribution in [0.15, 0.2) is 28.7 Å². The SMILES string of the molecule is O=C(OCCc1ccc(Br)cc1)N1CCC(N2CCCCC2)CC1. The number of piperidine rings is 2. The minimum atomic E-state index is -0.149. The van der Waals surface area contributed by atoms with Crippen molar-refractivity contribution >= 4 is 22.0 Å². The Labute approximate surface area is 153 Å². The van der Waals surface area contributed by atoms with Crippen molar-refractivity contribution in [1.29, 1.82) is 0 Å². The molecule has 1 amide bonds. The van der Waals surface area contributed by atoms with E-state index in [2.05, 4.69) is 33.0 Å². The standard InChI is InChI=1S/C19H27BrN2O2/c20-17-6-4-16(5-7-17)10-15-24-19(23)22-13-8-18(9-14-22)21-11-2-1-3-12-21/h4-7,18H,1-3,8-15H2. The summed E-state index contributed by atoms with van der Waals surface area (Å²) >= 11 is 3.43. The molecule has 3 rings (SSSR count). The van der Waals surface area contributed by atoms with E-state index >= 15 is 0 Å². The van der Waals surface area contributed by atoms with Crippen LogP contribution in [0, 0.1) is 0 Å². The number of nitrogens with zero attached hydrogens (tertiary/aromatic N) is 2. The van der Waals surface area contributed by atoms with Crippen molar-refractivity contribution < 1.29 is 9.53 Å². The highest BCUT2D eigenvalue weighted by Gasteiger charge is 2.28. The second-order valence-electron chi connectivity index (χ2n) is 6.81. The van der Waals surface area contributed by atoms with Crippen molar-refractivity contribution in [3.63, 3.8) is 0 Å². The molecular formula is C19H27BrN2O2. The monoisotopic (exact) mass is 394 g/mol. The zero-order chi connectivity index (χ0) is 16.8. The summed E-state index contributed by atoms with van der Waals surface area (Å²) in [5.41, 5.74) is 1.19. The number of hydrogen-bond donors (Lipinski definition) is 0. The number of ether oxygens (including phenoxy) is 1. The second kappa shape index (κ2) is 8.86. The lowest BCUT2D eigenvalue weighted by molar-refractivity contribution is 0.0667. The number of amides is 1. The zero-order valence-electron chi connectivity index (χ0n) is 14.3. The summed E-state index contributed by atoms with van der Waals surface area (Å²) in [5.74, 6) is 0. The lowest BCUT2D eigenvalue weighted by Gasteiger charge is -2.39. The fourth-order valence-electron chi connectivity index (χ4n) is 3.70. The first-order chi connectivity index (χ1) is 11.7. The maximum Gasteiger partial charge on any atom is 0.409 e. The van der Waals surface area contributed by atoms with Gasteiger partial charge in [0.15, 0.2) is 0 Å². The molecule has 0 saturated carbocycles. The van der Waals surface area contributed by atoms with Gasteiger partial charge < -0.3 is 14.5 Å². The molecule has 2 aliphatic rings. The van der Waals surface area contributed by atoms with Crippen molar-refractivity contribution in [2.75, 3.05) is 32.8 Å². The molecule has 4 nitrogen and oxygen atoms in total. The van der Waals surface area contributed by atoms with Crippen molar-refractivity contribution in [3.8, 4) is 0 Å². The molecule has 0 spiro atoms. The van der Waals surface area contributed by atoms with Crippen molar-refractivity contribution in [2.45, 2.75) is 44.6 Å². The molecule has 132 valence electrons. The van der Waals surface area contributed by atoms with Gasteiger partial charge in [0.2, 0.25) is 0 Å². The molecule has 0 bridgehead atoms. The first-order valence-electron chi connectivity index (χ1n) is 9.12. The quantitative estimate of drug-likeness (QED) is 0.770. The summed E-state index contributed by atoms with van der Waals surface area (Å²) < 4.78 is 6.53. The van der Waals surface area contributed by atoms with E-state index in [9.17, 15) is 4.79 Å². The largest absolute Gasteiger partial charge is 0.449 e. The predicted octanol–water partition coefficient (Wildman–Crippen LogP) is 4.08. The molecule has 2 fully saturated rings. The fraction of sp³-hybridized carbons (Fsp3) is 0.632. The summed E-state index contributed by atoms with van der Waals surface area (Å²) in [6.07, 6.45) is 6.83. The van der Waals surface area contributed by atoms with Gasteiger partial charge in [-0.05, 0) is 56.5 Å². The molecule has 0 unspecified atom stereocenters. The smallest absolute Gasteiger partial charge is 0.409 e. The lowest BCUT2D eigenvalue weighted by Crippen LogP contribution is -2.48. The van der Waals surface area contributed by atoms with E-state index in [0.29, 0.717) is 12.6 Å². The van der Waals surface area contributed by atoms with Crippen LogP contribution in [-0.4, -0.2) is 54.7 Å². The molecule has 1 aromatic carbocycles. The van der Waals surface area contributed by atoms with E-state index in [1.165, 1.54) is 37.9 Å². The fourth-order valence-corrected chi connectivity index (χ4v) is 3.96. The molecule has 5 heteroatoms. The third-order valence-electron chi connectivity index (χ3n) is 5.16. The van der Waals surface area contributed by atoms with Gasteiger partial charge >= 0.3 is 6.09 Å². The highest BCUT2D eigenvalue weighted by atomic mass is 79.9. The third-order valence-corrected chi connectivity index (χ3v) is 5.69. The molecule has 0 radical (unpaired) electrons. The average Bonchev–Trinajstić information content (AvgIpc) is 2.64. The van der Waals surface area contributed by atoms with Crippen LogP contribution in [0.2, 0.25) is 0 Å². The Bertz CT molecular complexity index is 521. The van der Waals surface area contributed by atoms with Crippen LogP contribution in [0.25, 0.3) is 0 Å². The summed E-state index contributed by atoms with van der Waals surface area (Å²) in [4.78, 5) is 16.7. The first-order valence-corrected chi connectivity index (χ1v) is 9.92. The van der Waals surface area contributed by atoms with Gasteiger partial charge in [0.05, 0.1) is 6.61 Å². The van der Waals surface area contributed by atoms with Gasteiger partial charge in [0.25, 0.3) is 0 Å². The Morgan fingerprint density at radius 1 is 1.04 bits per heavy atom. The van der Waals surface area contributed by atoms with E-state index in [1.54, 1.807) is 0 Å². The Morgan fingerprint density at radius 3 is 2.38 bits per heavy atom. The van der Waals surface area contributed by atoms with Crippen molar-refractivity contribution in [3.05, 3.63) is 34.3 Å². The van der Waals surface area contributed by atoms with E-state index in [0.717, 1.165) is 36.8 Å². The van der Waals surface area contributed by atoms with E-state index in [1.807, 2.05) is 17.0 Å². The van der Waals surface area contributed by atoms with Gasteiger partial charge in [0.1, 0.15) is 0 Å². The number of rotatable bonds is 4. The number of carbonyl (C=O) groups is 1. The van der Waals surface area contributed by atoms with E-state index < -0.39 is 0 Å². The molecule has 1 aromatic rings. The number of carbonyl (C=O) groups excluding carboxylic acids is 1. The van der Waals surface area contributed by atoms with Crippen molar-refractivity contribution in [2.24, 2.45) is 0 Å². The van der Waals surface area contributed by atoms with Gasteiger partial charge in [-0.3, -0.25) is 0 Å². The molecule has 2 aliphatic heterocycles. The van der Waals surface area contributed by atoms with Crippen LogP contribution in [-0.2, 0) is 11.2 Å². The molecule has 0 aromatic heterocycles. The van der Waals surface area contributed by atoms with Crippen LogP contribution >= 0.6 is 15.9 Å². The highest BCUT2D eigenvalue weighted by Crippen LogP contribution is 2.21. The minimum absolute atomic E-state index is 0.149. The predicted molar refractivity (Wildman–Crippen MR) is 99.2 cm³/mol. The second-order valence-corrected chi connectivity index (χ2v) is 7.72. The zero-order valence-corrected chi connectivity index (χ0v) is 15.8. The number of benzene rings is 1. The van der Waals surface area contributed by atoms with Gasteiger partial charge in [0, 0.05) is 30.0 Å². The first kappa shape index (κ1) is 17.7. The Morgan fingerprint density at radius 2 is 1.71 bits per heavy atom. The van der Waals surface area contributed by atoms with Gasteiger partial charge in [-0.1, -0.05) is 34.5 Å². The van der Waals surface area contributed by atoms with Crippen LogP contribution in [0.3, 0.4) is 0 Å². The summed E-state index contributed by atoms with van der Waals surface area (Å²) in [6.45, 7) is 4.59. The van der Waals surface area contributed by atoms with Crippen LogP contribution in [0.4, 0.5) is 4.79 Å². The van der Waals surface area contributed by atoms with Crippen molar-refractivity contribution in [1.82, 2.24) is 9.80 Å². The molecule has 0 atom stereocenters. The van der Waals surface area contributed by atoms with E-state index in [-0.39, 0.29) is 6.09 Å². The summed E-state index contributed by atoms with van der Waals surface area (Å²) in [7, 11) is 0. The maximum absolute atomic E-state index is 12.2. The van der Waals surface area contributed by atoms with Gasteiger partial charge in [-0.15, -0.1) is 0 Å². The topological polar surface area (TPSA) is 32.8 Å². The van der Waals surface area contributed by atoms with Gasteiger partial charge in [-0.2, -0.15) is 0 Å². The third kappa shape index (κ3) is 4.96. The molecule has 2 saturated heterocycles. The average molecular weight is 395 g/mol. The number of halogens is 1. The molecule has 24 heavy (non-hydrogen) atoms. The lowest BCUT2D eigenvalue weighted by atomic mass is 10.0. The highest BCUT2D eigenvalue weighted by molar-refractivity contribution is 9.10. The van der Waals surface area contributed by atoms with Gasteiger partial charge in [-0.25, -0.2) is 4.79 Å². The van der Waals surface area contributed by atoms with Crippen LogP contribution in [0.1, 0.15) is 37.7 Å². The minimum Gasteiger partial charge on any atom is -0.449 e. The molecular weight excluding hydrogens is 368 g/mol. The Hall–Kier alpha value is -1.07.